The summed E-state index contributed by atoms with van der Waals surface area (Å²) in [6.45, 7) is 15.3. The number of carbonyl (C=O) groups is 2. The summed E-state index contributed by atoms with van der Waals surface area (Å²) >= 11 is 0. The quantitative estimate of drug-likeness (QED) is 0.102. The predicted molar refractivity (Wildman–Crippen MR) is 141 cm³/mol. The Balaban J connectivity index is 0. The normalized spacial score (nSPS) is 10.9. The molecule has 0 radical (unpaired) electrons. The minimum absolute atomic E-state index is 0.146. The van der Waals surface area contributed by atoms with Gasteiger partial charge in [-0.3, -0.25) is 0 Å². The van der Waals surface area contributed by atoms with Crippen LogP contribution in [0.2, 0.25) is 0 Å². The molecule has 0 unspecified atom stereocenters. The van der Waals surface area contributed by atoms with Crippen LogP contribution >= 0.6 is 0 Å². The third-order valence-corrected chi connectivity index (χ3v) is 5.41. The molecule has 0 saturated carbocycles. The van der Waals surface area contributed by atoms with Crippen LogP contribution in [0, 0.1) is 0 Å². The number of unbranched alkanes of at least 4 members (excludes halogenated alkanes) is 11. The molecule has 0 aliphatic heterocycles. The van der Waals surface area contributed by atoms with Gasteiger partial charge in [-0.15, -0.1) is 0 Å². The molecule has 4 heteroatoms. The third-order valence-electron chi connectivity index (χ3n) is 5.41. The first-order valence-electron chi connectivity index (χ1n) is 13.6. The van der Waals surface area contributed by atoms with E-state index in [1.165, 1.54) is 57.8 Å². The molecular weight excluding hydrogens is 412 g/mol. The average molecular weight is 467 g/mol. The molecule has 4 nitrogen and oxygen atoms in total. The smallest absolute Gasteiger partial charge is 0.333 e. The standard InChI is InChI=1S/C15H28O2.C14H26O2/c1-4-6-8-9-10-11-12-14(3)15(16)17-13-7-5-2;1-4-6-8-9-10-11-13(3)14(15)16-12-7-5-2/h12H,4-11,13H2,1-3H3;3-12H2,1-2H3. The zero-order valence-corrected chi connectivity index (χ0v) is 22.6. The highest BCUT2D eigenvalue weighted by Gasteiger charge is 2.07. The van der Waals surface area contributed by atoms with Gasteiger partial charge >= 0.3 is 11.9 Å². The van der Waals surface area contributed by atoms with Gasteiger partial charge in [-0.05, 0) is 45.4 Å². The van der Waals surface area contributed by atoms with Gasteiger partial charge in [0, 0.05) is 11.1 Å². The first kappa shape index (κ1) is 33.6. The van der Waals surface area contributed by atoms with Crippen molar-refractivity contribution in [2.24, 2.45) is 0 Å². The fourth-order valence-corrected chi connectivity index (χ4v) is 3.03. The van der Waals surface area contributed by atoms with Crippen LogP contribution in [-0.4, -0.2) is 25.2 Å². The predicted octanol–water partition coefficient (Wildman–Crippen LogP) is 8.88. The zero-order valence-electron chi connectivity index (χ0n) is 22.6. The molecular formula is C29H54O4. The maximum atomic E-state index is 11.5. The topological polar surface area (TPSA) is 52.6 Å². The van der Waals surface area contributed by atoms with E-state index in [0.29, 0.717) is 18.8 Å². The molecule has 0 aromatic carbocycles. The molecule has 194 valence electrons. The minimum Gasteiger partial charge on any atom is -0.462 e. The van der Waals surface area contributed by atoms with Crippen molar-refractivity contribution in [2.45, 2.75) is 137 Å². The molecule has 0 aromatic rings. The van der Waals surface area contributed by atoms with Gasteiger partial charge in [-0.1, -0.05) is 105 Å². The Morgan fingerprint density at radius 1 is 0.636 bits per heavy atom. The van der Waals surface area contributed by atoms with Crippen molar-refractivity contribution in [3.05, 3.63) is 23.8 Å². The Bertz CT molecular complexity index is 508. The first-order valence-corrected chi connectivity index (χ1v) is 13.6. The fraction of sp³-hybridized carbons (Fsp3) is 0.793. The highest BCUT2D eigenvalue weighted by atomic mass is 16.5. The first-order chi connectivity index (χ1) is 15.9. The summed E-state index contributed by atoms with van der Waals surface area (Å²) in [5.41, 5.74) is 1.39. The lowest BCUT2D eigenvalue weighted by atomic mass is 10.1. The number of ether oxygens (including phenoxy) is 2. The Hall–Kier alpha value is -1.58. The Labute approximate surface area is 205 Å². The van der Waals surface area contributed by atoms with Crippen molar-refractivity contribution in [2.75, 3.05) is 13.2 Å². The summed E-state index contributed by atoms with van der Waals surface area (Å²) in [5.74, 6) is -0.351. The second-order valence-corrected chi connectivity index (χ2v) is 8.84. The number of rotatable bonds is 20. The van der Waals surface area contributed by atoms with Gasteiger partial charge < -0.3 is 9.47 Å². The SMILES string of the molecule is C=C(CCCCCCC)C(=O)OCCCC.CCCCCCCC=C(C)C(=O)OCCCC. The zero-order chi connectivity index (χ0) is 25.2. The molecule has 0 aliphatic carbocycles. The van der Waals surface area contributed by atoms with Crippen LogP contribution in [0.1, 0.15) is 137 Å². The largest absolute Gasteiger partial charge is 0.462 e. The highest BCUT2D eigenvalue weighted by Crippen LogP contribution is 2.11. The lowest BCUT2D eigenvalue weighted by Gasteiger charge is -2.06. The van der Waals surface area contributed by atoms with Crippen LogP contribution < -0.4 is 0 Å². The molecule has 0 rings (SSSR count). The summed E-state index contributed by atoms with van der Waals surface area (Å²) in [5, 5.41) is 0. The van der Waals surface area contributed by atoms with Crippen LogP contribution in [-0.2, 0) is 19.1 Å². The molecule has 0 amide bonds. The number of esters is 2. The van der Waals surface area contributed by atoms with Crippen LogP contribution in [0.15, 0.2) is 23.8 Å². The van der Waals surface area contributed by atoms with Crippen molar-refractivity contribution in [3.63, 3.8) is 0 Å². The highest BCUT2D eigenvalue weighted by molar-refractivity contribution is 5.88. The van der Waals surface area contributed by atoms with E-state index in [2.05, 4.69) is 34.3 Å². The van der Waals surface area contributed by atoms with Crippen molar-refractivity contribution in [3.8, 4) is 0 Å². The number of hydrogen-bond donors (Lipinski definition) is 0. The van der Waals surface area contributed by atoms with E-state index < -0.39 is 0 Å². The van der Waals surface area contributed by atoms with Gasteiger partial charge in [0.1, 0.15) is 0 Å². The molecule has 0 aliphatic rings. The second-order valence-electron chi connectivity index (χ2n) is 8.84. The van der Waals surface area contributed by atoms with Crippen LogP contribution in [0.3, 0.4) is 0 Å². The van der Waals surface area contributed by atoms with Crippen molar-refractivity contribution >= 4 is 11.9 Å². The summed E-state index contributed by atoms with van der Waals surface area (Å²) in [4.78, 5) is 22.9. The average Bonchev–Trinajstić information content (AvgIpc) is 2.81. The Morgan fingerprint density at radius 3 is 1.61 bits per heavy atom. The van der Waals surface area contributed by atoms with Crippen molar-refractivity contribution < 1.29 is 19.1 Å². The lowest BCUT2D eigenvalue weighted by Crippen LogP contribution is -2.08. The molecule has 0 atom stereocenters. The Morgan fingerprint density at radius 2 is 1.09 bits per heavy atom. The summed E-state index contributed by atoms with van der Waals surface area (Å²) in [6, 6.07) is 0. The Kier molecular flexibility index (Phi) is 27.1. The molecule has 0 bridgehead atoms. The molecule has 0 aromatic heterocycles. The van der Waals surface area contributed by atoms with Crippen LogP contribution in [0.25, 0.3) is 0 Å². The maximum absolute atomic E-state index is 11.5. The molecule has 0 saturated heterocycles. The monoisotopic (exact) mass is 466 g/mol. The molecule has 0 heterocycles. The van der Waals surface area contributed by atoms with Crippen LogP contribution in [0.4, 0.5) is 0 Å². The van der Waals surface area contributed by atoms with Crippen LogP contribution in [0.5, 0.6) is 0 Å². The van der Waals surface area contributed by atoms with Gasteiger partial charge in [0.05, 0.1) is 13.2 Å². The van der Waals surface area contributed by atoms with E-state index in [1.54, 1.807) is 0 Å². The molecule has 0 N–H and O–H groups in total. The lowest BCUT2D eigenvalue weighted by molar-refractivity contribution is -0.140. The molecule has 33 heavy (non-hydrogen) atoms. The van der Waals surface area contributed by atoms with Crippen molar-refractivity contribution in [1.82, 2.24) is 0 Å². The van der Waals surface area contributed by atoms with Gasteiger partial charge in [-0.25, -0.2) is 9.59 Å². The van der Waals surface area contributed by atoms with Gasteiger partial charge in [0.2, 0.25) is 0 Å². The van der Waals surface area contributed by atoms with E-state index in [1.807, 2.05) is 13.0 Å². The van der Waals surface area contributed by atoms with E-state index >= 15 is 0 Å². The number of allylic oxidation sites excluding steroid dienone is 1. The van der Waals surface area contributed by atoms with Gasteiger partial charge in [-0.2, -0.15) is 0 Å². The summed E-state index contributed by atoms with van der Waals surface area (Å²) in [7, 11) is 0. The molecule has 0 fully saturated rings. The van der Waals surface area contributed by atoms with E-state index in [4.69, 9.17) is 9.47 Å². The van der Waals surface area contributed by atoms with E-state index in [0.717, 1.165) is 50.5 Å². The minimum atomic E-state index is -0.205. The van der Waals surface area contributed by atoms with E-state index in [-0.39, 0.29) is 11.9 Å². The fourth-order valence-electron chi connectivity index (χ4n) is 3.03. The number of hydrogen-bond acceptors (Lipinski definition) is 4. The number of carbonyl (C=O) groups excluding carboxylic acids is 2. The third kappa shape index (κ3) is 24.9. The molecule has 0 spiro atoms. The van der Waals surface area contributed by atoms with Gasteiger partial charge in [0.25, 0.3) is 0 Å². The summed E-state index contributed by atoms with van der Waals surface area (Å²) < 4.78 is 10.2. The van der Waals surface area contributed by atoms with Crippen molar-refractivity contribution in [1.29, 1.82) is 0 Å². The summed E-state index contributed by atoms with van der Waals surface area (Å²) in [6.07, 6.45) is 20.2. The second kappa shape index (κ2) is 26.7. The van der Waals surface area contributed by atoms with E-state index in [9.17, 15) is 9.59 Å². The maximum Gasteiger partial charge on any atom is 0.333 e. The van der Waals surface area contributed by atoms with Gasteiger partial charge in [0.15, 0.2) is 0 Å².